The van der Waals surface area contributed by atoms with E-state index in [1.54, 1.807) is 16.8 Å². The first kappa shape index (κ1) is 24.0. The highest BCUT2D eigenvalue weighted by atomic mass is 35.5. The number of likely N-dealkylation sites (tertiary alicyclic amines) is 1. The van der Waals surface area contributed by atoms with E-state index in [0.717, 1.165) is 24.0 Å². The molecule has 4 rings (SSSR count). The molecule has 0 spiro atoms. The van der Waals surface area contributed by atoms with Crippen LogP contribution >= 0.6 is 11.6 Å². The number of hydrogen-bond donors (Lipinski definition) is 1. The Morgan fingerprint density at radius 2 is 1.68 bits per heavy atom. The molecule has 2 amide bonds. The van der Waals surface area contributed by atoms with Crippen molar-refractivity contribution in [2.24, 2.45) is 5.41 Å². The van der Waals surface area contributed by atoms with Gasteiger partial charge in [-0.1, -0.05) is 74.8 Å². The molecule has 1 saturated heterocycles. The van der Waals surface area contributed by atoms with Crippen LogP contribution in [0.15, 0.2) is 60.8 Å². The lowest BCUT2D eigenvalue weighted by Gasteiger charge is -2.36. The fraction of sp³-hybridized carbons (Fsp3) is 0.370. The van der Waals surface area contributed by atoms with Crippen LogP contribution in [0.5, 0.6) is 0 Å². The summed E-state index contributed by atoms with van der Waals surface area (Å²) in [6.07, 6.45) is 3.29. The van der Waals surface area contributed by atoms with Crippen molar-refractivity contribution in [2.75, 3.05) is 13.1 Å². The minimum atomic E-state index is -0.392. The molecule has 1 aliphatic heterocycles. The topological polar surface area (TPSA) is 67.2 Å². The number of nitrogens with one attached hydrogen (secondary N) is 1. The molecule has 0 radical (unpaired) electrons. The molecule has 1 fully saturated rings. The Kier molecular flexibility index (Phi) is 7.08. The fourth-order valence-corrected chi connectivity index (χ4v) is 4.35. The van der Waals surface area contributed by atoms with Crippen LogP contribution in [0.4, 0.5) is 0 Å². The van der Waals surface area contributed by atoms with Crippen molar-refractivity contribution in [3.8, 4) is 11.3 Å². The van der Waals surface area contributed by atoms with Crippen LogP contribution in [0.1, 0.15) is 49.5 Å². The number of carbonyl (C=O) groups excluding carboxylic acids is 2. The number of carbonyl (C=O) groups is 2. The highest BCUT2D eigenvalue weighted by Crippen LogP contribution is 2.25. The molecule has 1 aromatic heterocycles. The van der Waals surface area contributed by atoms with Gasteiger partial charge in [0.2, 0.25) is 5.91 Å². The Hall–Kier alpha value is -3.12. The number of hydrogen-bond acceptors (Lipinski definition) is 3. The number of benzene rings is 2. The van der Waals surface area contributed by atoms with Crippen molar-refractivity contribution in [1.29, 1.82) is 0 Å². The number of nitrogens with zero attached hydrogens (tertiary/aromatic N) is 3. The summed E-state index contributed by atoms with van der Waals surface area (Å²) < 4.78 is 1.80. The Morgan fingerprint density at radius 1 is 1.03 bits per heavy atom. The smallest absolute Gasteiger partial charge is 0.255 e. The van der Waals surface area contributed by atoms with Crippen molar-refractivity contribution < 1.29 is 9.59 Å². The second-order valence-electron chi connectivity index (χ2n) is 9.87. The summed E-state index contributed by atoms with van der Waals surface area (Å²) in [5.74, 6) is 0.00866. The molecule has 6 nitrogen and oxygen atoms in total. The SMILES string of the molecule is CC(C)(C)C(=O)N1CCC(NC(=O)c2cn(Cc3ccccc3)nc2-c2ccc(Cl)cc2)CC1. The highest BCUT2D eigenvalue weighted by Gasteiger charge is 2.31. The van der Waals surface area contributed by atoms with Crippen LogP contribution in [-0.4, -0.2) is 45.6 Å². The average Bonchev–Trinajstić information content (AvgIpc) is 3.23. The molecule has 7 heteroatoms. The lowest BCUT2D eigenvalue weighted by atomic mass is 9.93. The molecule has 178 valence electrons. The number of aromatic nitrogens is 2. The Morgan fingerprint density at radius 3 is 2.29 bits per heavy atom. The Labute approximate surface area is 205 Å². The quantitative estimate of drug-likeness (QED) is 0.560. The van der Waals surface area contributed by atoms with E-state index in [1.807, 2.05) is 74.3 Å². The van der Waals surface area contributed by atoms with Gasteiger partial charge in [0, 0.05) is 41.3 Å². The van der Waals surface area contributed by atoms with Crippen LogP contribution in [0.3, 0.4) is 0 Å². The molecule has 0 unspecified atom stereocenters. The molecule has 1 N–H and O–H groups in total. The molecule has 2 heterocycles. The van der Waals surface area contributed by atoms with Gasteiger partial charge in [0.05, 0.1) is 12.1 Å². The molecule has 2 aromatic carbocycles. The van der Waals surface area contributed by atoms with E-state index in [9.17, 15) is 9.59 Å². The van der Waals surface area contributed by atoms with E-state index in [0.29, 0.717) is 35.9 Å². The standard InChI is InChI=1S/C27H31ClN4O2/c1-27(2,3)26(34)31-15-13-22(14-16-31)29-25(33)23-18-32(17-19-7-5-4-6-8-19)30-24(23)20-9-11-21(28)12-10-20/h4-12,18,22H,13-17H2,1-3H3,(H,29,33). The molecule has 34 heavy (non-hydrogen) atoms. The summed E-state index contributed by atoms with van der Waals surface area (Å²) in [5.41, 5.74) is 2.72. The van der Waals surface area contributed by atoms with Crippen molar-refractivity contribution in [3.05, 3.63) is 76.9 Å². The maximum absolute atomic E-state index is 13.3. The Bertz CT molecular complexity index is 1140. The highest BCUT2D eigenvalue weighted by molar-refractivity contribution is 6.30. The van der Waals surface area contributed by atoms with Gasteiger partial charge < -0.3 is 10.2 Å². The van der Waals surface area contributed by atoms with Gasteiger partial charge in [0.15, 0.2) is 0 Å². The Balaban J connectivity index is 1.51. The maximum Gasteiger partial charge on any atom is 0.255 e. The van der Waals surface area contributed by atoms with Gasteiger partial charge in [-0.25, -0.2) is 0 Å². The van der Waals surface area contributed by atoms with Gasteiger partial charge >= 0.3 is 0 Å². The van der Waals surface area contributed by atoms with Crippen LogP contribution in [-0.2, 0) is 11.3 Å². The summed E-state index contributed by atoms with van der Waals surface area (Å²) in [5, 5.41) is 8.55. The summed E-state index contributed by atoms with van der Waals surface area (Å²) in [7, 11) is 0. The van der Waals surface area contributed by atoms with Crippen molar-refractivity contribution in [1.82, 2.24) is 20.0 Å². The van der Waals surface area contributed by atoms with E-state index < -0.39 is 5.41 Å². The predicted octanol–water partition coefficient (Wildman–Crippen LogP) is 5.02. The fourth-order valence-electron chi connectivity index (χ4n) is 4.22. The van der Waals surface area contributed by atoms with Crippen LogP contribution in [0, 0.1) is 5.41 Å². The zero-order chi connectivity index (χ0) is 24.3. The molecule has 0 bridgehead atoms. The van der Waals surface area contributed by atoms with E-state index >= 15 is 0 Å². The van der Waals surface area contributed by atoms with Crippen molar-refractivity contribution in [2.45, 2.75) is 46.2 Å². The molecule has 1 aliphatic rings. The minimum absolute atomic E-state index is 0.0204. The monoisotopic (exact) mass is 478 g/mol. The average molecular weight is 479 g/mol. The third-order valence-corrected chi connectivity index (χ3v) is 6.32. The maximum atomic E-state index is 13.3. The van der Waals surface area contributed by atoms with Gasteiger partial charge in [0.1, 0.15) is 5.69 Å². The van der Waals surface area contributed by atoms with Gasteiger partial charge in [-0.15, -0.1) is 0 Å². The molecule has 0 aliphatic carbocycles. The summed E-state index contributed by atoms with van der Waals surface area (Å²) in [6, 6.07) is 17.4. The zero-order valence-corrected chi connectivity index (χ0v) is 20.7. The first-order chi connectivity index (χ1) is 16.2. The van der Waals surface area contributed by atoms with E-state index in [4.69, 9.17) is 16.7 Å². The van der Waals surface area contributed by atoms with Crippen LogP contribution in [0.25, 0.3) is 11.3 Å². The van der Waals surface area contributed by atoms with Crippen molar-refractivity contribution >= 4 is 23.4 Å². The van der Waals surface area contributed by atoms with E-state index in [-0.39, 0.29) is 17.9 Å². The molecular formula is C27H31ClN4O2. The van der Waals surface area contributed by atoms with E-state index in [2.05, 4.69) is 5.32 Å². The van der Waals surface area contributed by atoms with Gasteiger partial charge in [-0.3, -0.25) is 14.3 Å². The number of amides is 2. The van der Waals surface area contributed by atoms with Gasteiger partial charge in [0.25, 0.3) is 5.91 Å². The molecule has 3 aromatic rings. The number of halogens is 1. The largest absolute Gasteiger partial charge is 0.349 e. The summed E-state index contributed by atoms with van der Waals surface area (Å²) >= 11 is 6.07. The third-order valence-electron chi connectivity index (χ3n) is 6.07. The lowest BCUT2D eigenvalue weighted by molar-refractivity contribution is -0.140. The second kappa shape index (κ2) is 10.0. The number of rotatable bonds is 5. The van der Waals surface area contributed by atoms with Crippen LogP contribution in [0.2, 0.25) is 5.02 Å². The second-order valence-corrected chi connectivity index (χ2v) is 10.3. The zero-order valence-electron chi connectivity index (χ0n) is 19.9. The lowest BCUT2D eigenvalue weighted by Crippen LogP contribution is -2.49. The van der Waals surface area contributed by atoms with E-state index in [1.165, 1.54) is 0 Å². The third kappa shape index (κ3) is 5.68. The normalized spacial score (nSPS) is 14.8. The number of piperidine rings is 1. The van der Waals surface area contributed by atoms with Crippen LogP contribution < -0.4 is 5.32 Å². The predicted molar refractivity (Wildman–Crippen MR) is 135 cm³/mol. The first-order valence-corrected chi connectivity index (χ1v) is 12.1. The molecular weight excluding hydrogens is 448 g/mol. The molecule has 0 saturated carbocycles. The molecule has 0 atom stereocenters. The van der Waals surface area contributed by atoms with Crippen molar-refractivity contribution in [3.63, 3.8) is 0 Å². The summed E-state index contributed by atoms with van der Waals surface area (Å²) in [6.45, 7) is 7.69. The van der Waals surface area contributed by atoms with Gasteiger partial charge in [-0.2, -0.15) is 5.10 Å². The first-order valence-electron chi connectivity index (χ1n) is 11.7. The minimum Gasteiger partial charge on any atom is -0.349 e. The van der Waals surface area contributed by atoms with Gasteiger partial charge in [-0.05, 0) is 30.5 Å². The summed E-state index contributed by atoms with van der Waals surface area (Å²) in [4.78, 5) is 27.8.